The maximum Gasteiger partial charge on any atom is 0.472 e. The van der Waals surface area contributed by atoms with Gasteiger partial charge in [0, 0.05) is 19.4 Å². The Hall–Kier alpha value is -1.51. The van der Waals surface area contributed by atoms with Crippen molar-refractivity contribution in [3.63, 3.8) is 0 Å². The highest BCUT2D eigenvalue weighted by Crippen LogP contribution is 2.43. The van der Waals surface area contributed by atoms with E-state index in [4.69, 9.17) is 24.3 Å². The van der Waals surface area contributed by atoms with Gasteiger partial charge in [0.25, 0.3) is 0 Å². The van der Waals surface area contributed by atoms with E-state index in [0.29, 0.717) is 6.42 Å². The fraction of sp³-hybridized carbons (Fsp3) is 0.829. The van der Waals surface area contributed by atoms with Gasteiger partial charge in [0.2, 0.25) is 0 Å². The van der Waals surface area contributed by atoms with Gasteiger partial charge in [-0.2, -0.15) is 0 Å². The van der Waals surface area contributed by atoms with Crippen LogP contribution >= 0.6 is 7.82 Å². The van der Waals surface area contributed by atoms with Crippen molar-refractivity contribution in [2.75, 3.05) is 26.4 Å². The number of nitrogens with two attached hydrogens (primary N) is 1. The first-order chi connectivity index (χ1) is 21.8. The maximum absolute atomic E-state index is 12.5. The Kier molecular flexibility index (Phi) is 31.3. The van der Waals surface area contributed by atoms with Crippen molar-refractivity contribution in [1.82, 2.24) is 0 Å². The lowest BCUT2D eigenvalue weighted by atomic mass is 10.1. The minimum Gasteiger partial charge on any atom is -0.462 e. The summed E-state index contributed by atoms with van der Waals surface area (Å²) in [6.07, 6.45) is 30.7. The number of rotatable bonds is 33. The smallest absolute Gasteiger partial charge is 0.462 e. The summed E-state index contributed by atoms with van der Waals surface area (Å²) in [5, 5.41) is 0. The lowest BCUT2D eigenvalue weighted by Gasteiger charge is -2.19. The molecule has 0 spiro atoms. The fourth-order valence-corrected chi connectivity index (χ4v) is 5.43. The average Bonchev–Trinajstić information content (AvgIpc) is 3.02. The Balaban J connectivity index is 4.25. The van der Waals surface area contributed by atoms with Gasteiger partial charge in [-0.15, -0.1) is 0 Å². The van der Waals surface area contributed by atoms with E-state index in [1.54, 1.807) is 0 Å². The second kappa shape index (κ2) is 32.4. The summed E-state index contributed by atoms with van der Waals surface area (Å²) in [7, 11) is -4.36. The number of ether oxygens (including phenoxy) is 2. The minimum atomic E-state index is -4.36. The van der Waals surface area contributed by atoms with Gasteiger partial charge in [0.1, 0.15) is 6.61 Å². The van der Waals surface area contributed by atoms with Crippen LogP contribution in [0.2, 0.25) is 0 Å². The van der Waals surface area contributed by atoms with Crippen LogP contribution in [0.4, 0.5) is 0 Å². The number of hydrogen-bond donors (Lipinski definition) is 2. The molecule has 0 bridgehead atoms. The Morgan fingerprint density at radius 3 is 1.71 bits per heavy atom. The molecule has 0 aliphatic rings. The number of hydrogen-bond acceptors (Lipinski definition) is 8. The van der Waals surface area contributed by atoms with Gasteiger partial charge < -0.3 is 20.1 Å². The second-order valence-corrected chi connectivity index (χ2v) is 13.2. The summed E-state index contributed by atoms with van der Waals surface area (Å²) >= 11 is 0. The number of carbonyl (C=O) groups excluding carboxylic acids is 2. The third-order valence-electron chi connectivity index (χ3n) is 7.34. The molecular weight excluding hydrogens is 593 g/mol. The zero-order chi connectivity index (χ0) is 33.3. The average molecular weight is 660 g/mol. The van der Waals surface area contributed by atoms with Crippen LogP contribution in [-0.4, -0.2) is 49.3 Å². The first-order valence-corrected chi connectivity index (χ1v) is 19.3. The third kappa shape index (κ3) is 32.2. The largest absolute Gasteiger partial charge is 0.472 e. The molecule has 10 heteroatoms. The van der Waals surface area contributed by atoms with E-state index >= 15 is 0 Å². The van der Waals surface area contributed by atoms with E-state index in [2.05, 4.69) is 38.2 Å². The fourth-order valence-electron chi connectivity index (χ4n) is 4.66. The molecule has 0 aliphatic heterocycles. The molecular formula is C35H66NO8P. The van der Waals surface area contributed by atoms with Crippen molar-refractivity contribution in [2.45, 2.75) is 161 Å². The highest BCUT2D eigenvalue weighted by atomic mass is 31.2. The summed E-state index contributed by atoms with van der Waals surface area (Å²) in [5.41, 5.74) is 5.31. The van der Waals surface area contributed by atoms with E-state index in [9.17, 15) is 19.0 Å². The molecule has 0 aromatic heterocycles. The van der Waals surface area contributed by atoms with Crippen LogP contribution in [0.5, 0.6) is 0 Å². The summed E-state index contributed by atoms with van der Waals surface area (Å²) in [4.78, 5) is 34.5. The molecule has 0 aliphatic carbocycles. The minimum absolute atomic E-state index is 0.0519. The molecule has 9 nitrogen and oxygen atoms in total. The van der Waals surface area contributed by atoms with Crippen LogP contribution < -0.4 is 5.73 Å². The normalized spacial score (nSPS) is 13.8. The van der Waals surface area contributed by atoms with Gasteiger partial charge in [-0.05, 0) is 44.9 Å². The van der Waals surface area contributed by atoms with E-state index in [1.165, 1.54) is 64.2 Å². The van der Waals surface area contributed by atoms with Gasteiger partial charge in [0.15, 0.2) is 6.10 Å². The number of phosphoric acid groups is 1. The molecule has 2 atom stereocenters. The molecule has 0 saturated heterocycles. The van der Waals surface area contributed by atoms with Gasteiger partial charge in [-0.3, -0.25) is 18.6 Å². The monoisotopic (exact) mass is 659 g/mol. The lowest BCUT2D eigenvalue weighted by Crippen LogP contribution is -2.29. The van der Waals surface area contributed by atoms with Crippen LogP contribution in [0.25, 0.3) is 0 Å². The molecule has 45 heavy (non-hydrogen) atoms. The lowest BCUT2D eigenvalue weighted by molar-refractivity contribution is -0.161. The molecule has 0 amide bonds. The SMILES string of the molecule is CCCCCC/C=C\C/C=C\CCCCCCCC(=O)OC(COC(=O)CCCCCCCCCC)COP(=O)(O)OCCN. The van der Waals surface area contributed by atoms with Crippen molar-refractivity contribution < 1.29 is 37.6 Å². The highest BCUT2D eigenvalue weighted by molar-refractivity contribution is 7.47. The number of phosphoric ester groups is 1. The van der Waals surface area contributed by atoms with Gasteiger partial charge in [-0.1, -0.05) is 122 Å². The molecule has 264 valence electrons. The van der Waals surface area contributed by atoms with Gasteiger partial charge in [-0.25, -0.2) is 4.57 Å². The van der Waals surface area contributed by atoms with E-state index in [1.807, 2.05) is 0 Å². The first kappa shape index (κ1) is 43.5. The van der Waals surface area contributed by atoms with Crippen molar-refractivity contribution in [2.24, 2.45) is 5.73 Å². The number of carbonyl (C=O) groups is 2. The summed E-state index contributed by atoms with van der Waals surface area (Å²) in [6.45, 7) is 3.64. The quantitative estimate of drug-likeness (QED) is 0.0306. The molecule has 0 heterocycles. The molecule has 0 aromatic rings. The Morgan fingerprint density at radius 1 is 0.667 bits per heavy atom. The molecule has 0 radical (unpaired) electrons. The van der Waals surface area contributed by atoms with Crippen molar-refractivity contribution >= 4 is 19.8 Å². The standard InChI is InChI=1S/C35H66NO8P/c1-3-5-7-9-11-13-14-15-16-17-18-19-20-22-24-26-28-35(38)44-33(32-43-45(39,40)42-30-29-36)31-41-34(37)27-25-23-21-12-10-8-6-4-2/h13-14,16-17,33H,3-12,15,18-32,36H2,1-2H3,(H,39,40)/b14-13-,17-16-. The molecule has 0 saturated carbocycles. The molecule has 0 aromatic carbocycles. The van der Waals surface area contributed by atoms with Crippen molar-refractivity contribution in [3.05, 3.63) is 24.3 Å². The van der Waals surface area contributed by atoms with Crippen molar-refractivity contribution in [3.8, 4) is 0 Å². The zero-order valence-corrected chi connectivity index (χ0v) is 29.5. The summed E-state index contributed by atoms with van der Waals surface area (Å²) in [6, 6.07) is 0. The number of allylic oxidation sites excluding steroid dienone is 4. The van der Waals surface area contributed by atoms with Gasteiger partial charge >= 0.3 is 19.8 Å². The molecule has 2 unspecified atom stereocenters. The zero-order valence-electron chi connectivity index (χ0n) is 28.6. The highest BCUT2D eigenvalue weighted by Gasteiger charge is 2.25. The van der Waals surface area contributed by atoms with E-state index in [0.717, 1.165) is 57.8 Å². The molecule has 0 fully saturated rings. The topological polar surface area (TPSA) is 134 Å². The predicted octanol–water partition coefficient (Wildman–Crippen LogP) is 9.27. The Morgan fingerprint density at radius 2 is 1.16 bits per heavy atom. The van der Waals surface area contributed by atoms with Crippen LogP contribution in [0.1, 0.15) is 155 Å². The second-order valence-electron chi connectivity index (χ2n) is 11.7. The molecule has 3 N–H and O–H groups in total. The van der Waals surface area contributed by atoms with Crippen LogP contribution in [0.3, 0.4) is 0 Å². The van der Waals surface area contributed by atoms with Gasteiger partial charge in [0.05, 0.1) is 13.2 Å². The molecule has 0 rings (SSSR count). The van der Waals surface area contributed by atoms with Crippen LogP contribution in [0.15, 0.2) is 24.3 Å². The van der Waals surface area contributed by atoms with E-state index in [-0.39, 0.29) is 32.6 Å². The summed E-state index contributed by atoms with van der Waals surface area (Å²) in [5.74, 6) is -0.850. The predicted molar refractivity (Wildman–Crippen MR) is 183 cm³/mol. The van der Waals surface area contributed by atoms with Crippen LogP contribution in [0, 0.1) is 0 Å². The van der Waals surface area contributed by atoms with Crippen LogP contribution in [-0.2, 0) is 32.7 Å². The number of unbranched alkanes of at least 4 members (excludes halogenated alkanes) is 16. The first-order valence-electron chi connectivity index (χ1n) is 17.8. The Bertz CT molecular complexity index is 805. The maximum atomic E-state index is 12.5. The third-order valence-corrected chi connectivity index (χ3v) is 8.32. The van der Waals surface area contributed by atoms with E-state index < -0.39 is 32.5 Å². The Labute approximate surface area is 274 Å². The van der Waals surface area contributed by atoms with Crippen molar-refractivity contribution in [1.29, 1.82) is 0 Å². The number of esters is 2. The summed E-state index contributed by atoms with van der Waals surface area (Å²) < 4.78 is 32.5.